The maximum atomic E-state index is 13.5. The van der Waals surface area contributed by atoms with Gasteiger partial charge in [-0.05, 0) is 45.2 Å². The van der Waals surface area contributed by atoms with Crippen molar-refractivity contribution in [1.82, 2.24) is 14.7 Å². The smallest absolute Gasteiger partial charge is 0.253 e. The highest BCUT2D eigenvalue weighted by molar-refractivity contribution is 5.94. The summed E-state index contributed by atoms with van der Waals surface area (Å²) in [5.41, 5.74) is 1.54. The molecule has 3 heterocycles. The van der Waals surface area contributed by atoms with Crippen molar-refractivity contribution in [2.75, 3.05) is 59.5 Å². The van der Waals surface area contributed by atoms with Crippen LogP contribution in [0.2, 0.25) is 0 Å². The van der Waals surface area contributed by atoms with Crippen LogP contribution in [0.4, 0.5) is 0 Å². The average Bonchev–Trinajstić information content (AvgIpc) is 3.24. The molecule has 1 atom stereocenters. The highest BCUT2D eigenvalue weighted by Gasteiger charge is 2.64. The van der Waals surface area contributed by atoms with Crippen LogP contribution in [0.15, 0.2) is 24.3 Å². The zero-order chi connectivity index (χ0) is 21.4. The molecule has 3 aliphatic rings. The van der Waals surface area contributed by atoms with E-state index in [9.17, 15) is 9.59 Å². The van der Waals surface area contributed by atoms with Gasteiger partial charge in [-0.25, -0.2) is 0 Å². The second-order valence-corrected chi connectivity index (χ2v) is 9.36. The van der Waals surface area contributed by atoms with E-state index in [0.29, 0.717) is 12.5 Å². The molecule has 6 nitrogen and oxygen atoms in total. The number of carbonyl (C=O) groups is 2. The van der Waals surface area contributed by atoms with Crippen molar-refractivity contribution in [2.45, 2.75) is 33.1 Å². The van der Waals surface area contributed by atoms with Crippen LogP contribution in [0.3, 0.4) is 0 Å². The third-order valence-corrected chi connectivity index (χ3v) is 7.81. The Kier molecular flexibility index (Phi) is 5.90. The minimum absolute atomic E-state index is 0.0366. The summed E-state index contributed by atoms with van der Waals surface area (Å²) in [5, 5.41) is 0. The summed E-state index contributed by atoms with van der Waals surface area (Å²) >= 11 is 0. The van der Waals surface area contributed by atoms with Gasteiger partial charge in [0.2, 0.25) is 5.91 Å². The van der Waals surface area contributed by atoms with E-state index in [2.05, 4.69) is 11.8 Å². The van der Waals surface area contributed by atoms with Crippen LogP contribution in [-0.4, -0.2) is 86.0 Å². The lowest BCUT2D eigenvalue weighted by atomic mass is 9.60. The van der Waals surface area contributed by atoms with Gasteiger partial charge in [-0.3, -0.25) is 14.5 Å². The molecule has 30 heavy (non-hydrogen) atoms. The first kappa shape index (κ1) is 21.3. The Morgan fingerprint density at radius 3 is 2.53 bits per heavy atom. The first-order chi connectivity index (χ1) is 14.4. The number of carbonyl (C=O) groups excluding carboxylic acids is 2. The summed E-state index contributed by atoms with van der Waals surface area (Å²) in [6.07, 6.45) is 2.74. The van der Waals surface area contributed by atoms with Gasteiger partial charge >= 0.3 is 0 Å². The van der Waals surface area contributed by atoms with E-state index in [1.165, 1.54) is 0 Å². The molecule has 3 aliphatic heterocycles. The van der Waals surface area contributed by atoms with E-state index in [-0.39, 0.29) is 16.7 Å². The zero-order valence-corrected chi connectivity index (χ0v) is 18.7. The van der Waals surface area contributed by atoms with Gasteiger partial charge in [0.1, 0.15) is 0 Å². The van der Waals surface area contributed by atoms with Crippen LogP contribution < -0.4 is 0 Å². The summed E-state index contributed by atoms with van der Waals surface area (Å²) < 4.78 is 5.32. The summed E-state index contributed by atoms with van der Waals surface area (Å²) in [6, 6.07) is 7.84. The van der Waals surface area contributed by atoms with Crippen LogP contribution in [0.5, 0.6) is 0 Å². The van der Waals surface area contributed by atoms with E-state index in [1.807, 2.05) is 41.0 Å². The standard InChI is InChI=1S/C24H35N3O3/c1-4-26-13-10-24(22(26)29)18-25(14-15-30-3)17-23(24)8-11-27(12-9-23)21(28)20-7-5-6-19(2)16-20/h5-7,16H,4,8-15,17-18H2,1-3H3/t24-/m1/s1. The van der Waals surface area contributed by atoms with Gasteiger partial charge in [0.25, 0.3) is 5.91 Å². The maximum absolute atomic E-state index is 13.5. The molecule has 0 aliphatic carbocycles. The number of likely N-dealkylation sites (tertiary alicyclic amines) is 3. The van der Waals surface area contributed by atoms with E-state index in [0.717, 1.165) is 76.2 Å². The fraction of sp³-hybridized carbons (Fsp3) is 0.667. The summed E-state index contributed by atoms with van der Waals surface area (Å²) in [4.78, 5) is 33.0. The maximum Gasteiger partial charge on any atom is 0.253 e. The Morgan fingerprint density at radius 1 is 1.13 bits per heavy atom. The lowest BCUT2D eigenvalue weighted by molar-refractivity contribution is -0.141. The molecular formula is C24H35N3O3. The third-order valence-electron chi connectivity index (χ3n) is 7.81. The summed E-state index contributed by atoms with van der Waals surface area (Å²) in [5.74, 6) is 0.452. The molecule has 2 spiro atoms. The number of amides is 2. The number of methoxy groups -OCH3 is 1. The van der Waals surface area contributed by atoms with Gasteiger partial charge in [0, 0.05) is 63.9 Å². The number of hydrogen-bond acceptors (Lipinski definition) is 4. The molecule has 164 valence electrons. The first-order valence-electron chi connectivity index (χ1n) is 11.3. The molecule has 3 fully saturated rings. The van der Waals surface area contributed by atoms with Gasteiger partial charge < -0.3 is 14.5 Å². The van der Waals surface area contributed by atoms with Crippen molar-refractivity contribution in [3.63, 3.8) is 0 Å². The van der Waals surface area contributed by atoms with Gasteiger partial charge in [0.15, 0.2) is 0 Å². The SMILES string of the molecule is CCN1CC[C@@]2(CN(CCOC)CC23CCN(C(=O)c2cccc(C)c2)CC3)C1=O. The molecule has 3 saturated heterocycles. The number of aryl methyl sites for hydroxylation is 1. The molecule has 4 rings (SSSR count). The van der Waals surface area contributed by atoms with Crippen molar-refractivity contribution in [1.29, 1.82) is 0 Å². The Hall–Kier alpha value is -1.92. The van der Waals surface area contributed by atoms with Crippen molar-refractivity contribution in [3.8, 4) is 0 Å². The van der Waals surface area contributed by atoms with Gasteiger partial charge in [-0.1, -0.05) is 17.7 Å². The molecule has 0 unspecified atom stereocenters. The Bertz CT molecular complexity index is 803. The molecule has 0 radical (unpaired) electrons. The summed E-state index contributed by atoms with van der Waals surface area (Å²) in [7, 11) is 1.73. The second kappa shape index (κ2) is 8.31. The Labute approximate surface area is 180 Å². The number of hydrogen-bond donors (Lipinski definition) is 0. The first-order valence-corrected chi connectivity index (χ1v) is 11.3. The van der Waals surface area contributed by atoms with Crippen molar-refractivity contribution in [2.24, 2.45) is 10.8 Å². The van der Waals surface area contributed by atoms with Crippen LogP contribution in [0, 0.1) is 17.8 Å². The van der Waals surface area contributed by atoms with Gasteiger partial charge in [-0.15, -0.1) is 0 Å². The van der Waals surface area contributed by atoms with Crippen LogP contribution in [0.1, 0.15) is 42.1 Å². The second-order valence-electron chi connectivity index (χ2n) is 9.36. The molecular weight excluding hydrogens is 378 g/mol. The van der Waals surface area contributed by atoms with Crippen LogP contribution in [0.25, 0.3) is 0 Å². The monoisotopic (exact) mass is 413 g/mol. The minimum atomic E-state index is -0.296. The quantitative estimate of drug-likeness (QED) is 0.744. The lowest BCUT2D eigenvalue weighted by Gasteiger charge is -2.47. The Morgan fingerprint density at radius 2 is 1.90 bits per heavy atom. The van der Waals surface area contributed by atoms with E-state index < -0.39 is 0 Å². The topological polar surface area (TPSA) is 53.1 Å². The van der Waals surface area contributed by atoms with E-state index in [4.69, 9.17) is 4.74 Å². The highest BCUT2D eigenvalue weighted by atomic mass is 16.5. The number of rotatable bonds is 5. The summed E-state index contributed by atoms with van der Waals surface area (Å²) in [6.45, 7) is 10.5. The van der Waals surface area contributed by atoms with Crippen molar-refractivity contribution < 1.29 is 14.3 Å². The molecule has 1 aromatic carbocycles. The predicted octanol–water partition coefficient (Wildman–Crippen LogP) is 2.42. The molecule has 2 amide bonds. The van der Waals surface area contributed by atoms with Crippen LogP contribution in [-0.2, 0) is 9.53 Å². The number of benzene rings is 1. The molecule has 0 bridgehead atoms. The number of ether oxygens (including phenoxy) is 1. The van der Waals surface area contributed by atoms with Crippen molar-refractivity contribution >= 4 is 11.8 Å². The third kappa shape index (κ3) is 3.44. The lowest BCUT2D eigenvalue weighted by Crippen LogP contribution is -2.53. The largest absolute Gasteiger partial charge is 0.383 e. The number of fused-ring (bicyclic) bond motifs is 1. The number of nitrogens with zero attached hydrogens (tertiary/aromatic N) is 3. The average molecular weight is 414 g/mol. The molecule has 0 aromatic heterocycles. The predicted molar refractivity (Wildman–Crippen MR) is 116 cm³/mol. The molecule has 0 saturated carbocycles. The Balaban J connectivity index is 1.53. The molecule has 0 N–H and O–H groups in total. The normalized spacial score (nSPS) is 26.3. The van der Waals surface area contributed by atoms with E-state index >= 15 is 0 Å². The highest BCUT2D eigenvalue weighted by Crippen LogP contribution is 2.57. The fourth-order valence-corrected chi connectivity index (χ4v) is 6.08. The fourth-order valence-electron chi connectivity index (χ4n) is 6.08. The molecule has 1 aromatic rings. The van der Waals surface area contributed by atoms with Gasteiger partial charge in [0.05, 0.1) is 12.0 Å². The van der Waals surface area contributed by atoms with E-state index in [1.54, 1.807) is 7.11 Å². The van der Waals surface area contributed by atoms with Crippen molar-refractivity contribution in [3.05, 3.63) is 35.4 Å². The number of piperidine rings is 1. The minimum Gasteiger partial charge on any atom is -0.383 e. The molecule has 6 heteroatoms. The van der Waals surface area contributed by atoms with Crippen LogP contribution >= 0.6 is 0 Å². The van der Waals surface area contributed by atoms with Gasteiger partial charge in [-0.2, -0.15) is 0 Å². The zero-order valence-electron chi connectivity index (χ0n) is 18.7.